The van der Waals surface area contributed by atoms with Crippen LogP contribution in [-0.4, -0.2) is 44.0 Å². The molecule has 0 aromatic carbocycles. The number of hydrogen-bond donors (Lipinski definition) is 2. The fourth-order valence-corrected chi connectivity index (χ4v) is 11.6. The second-order valence-electron chi connectivity index (χ2n) is 15.9. The Morgan fingerprint density at radius 2 is 1.61 bits per heavy atom. The first kappa shape index (κ1) is 29.0. The third kappa shape index (κ3) is 3.95. The van der Waals surface area contributed by atoms with Crippen molar-refractivity contribution in [2.45, 2.75) is 118 Å². The molecular weight excluding hydrogens is 500 g/mol. The summed E-state index contributed by atoms with van der Waals surface area (Å²) in [5.41, 5.74) is 1.56. The van der Waals surface area contributed by atoms with Crippen molar-refractivity contribution in [3.63, 3.8) is 0 Å². The highest BCUT2D eigenvalue weighted by molar-refractivity contribution is 7.80. The van der Waals surface area contributed by atoms with Crippen LogP contribution in [0.1, 0.15) is 106 Å². The fourth-order valence-electron chi connectivity index (χ4n) is 11.2. The lowest BCUT2D eigenvalue weighted by Gasteiger charge is -2.71. The minimum absolute atomic E-state index is 0.0454. The lowest BCUT2D eigenvalue weighted by molar-refractivity contribution is -0.217. The monoisotopic (exact) mass is 552 g/mol. The minimum Gasteiger partial charge on any atom is -0.392 e. The predicted molar refractivity (Wildman–Crippen MR) is 149 cm³/mol. The highest BCUT2D eigenvalue weighted by atomic mass is 32.3. The largest absolute Gasteiger partial charge is 0.397 e. The Kier molecular flexibility index (Phi) is 6.70. The van der Waals surface area contributed by atoms with Crippen molar-refractivity contribution in [2.24, 2.45) is 50.2 Å². The second-order valence-corrected chi connectivity index (χ2v) is 17.0. The predicted octanol–water partition coefficient (Wildman–Crippen LogP) is 6.59. The Labute approximate surface area is 231 Å². The number of allylic oxidation sites excluding steroid dienone is 2. The molecule has 0 bridgehead atoms. The van der Waals surface area contributed by atoms with E-state index in [0.717, 1.165) is 32.1 Å². The van der Waals surface area contributed by atoms with Gasteiger partial charge >= 0.3 is 10.4 Å². The van der Waals surface area contributed by atoms with Gasteiger partial charge < -0.3 is 9.84 Å². The van der Waals surface area contributed by atoms with Gasteiger partial charge in [-0.1, -0.05) is 60.1 Å². The van der Waals surface area contributed by atoms with E-state index in [4.69, 9.17) is 8.92 Å². The third-order valence-corrected chi connectivity index (χ3v) is 14.1. The van der Waals surface area contributed by atoms with Gasteiger partial charge in [0.15, 0.2) is 0 Å². The van der Waals surface area contributed by atoms with E-state index in [2.05, 4.69) is 47.6 Å². The van der Waals surface area contributed by atoms with Crippen LogP contribution in [0.15, 0.2) is 11.6 Å². The Morgan fingerprint density at radius 1 is 0.921 bits per heavy atom. The fraction of sp³-hybridized carbons (Fsp3) is 0.935. The molecule has 0 aromatic heterocycles. The summed E-state index contributed by atoms with van der Waals surface area (Å²) >= 11 is 0. The molecule has 7 heteroatoms. The highest BCUT2D eigenvalue weighted by Gasteiger charge is 2.69. The first-order chi connectivity index (χ1) is 17.4. The average molecular weight is 553 g/mol. The molecule has 2 unspecified atom stereocenters. The summed E-state index contributed by atoms with van der Waals surface area (Å²) in [6.45, 7) is 16.6. The van der Waals surface area contributed by atoms with Crippen LogP contribution in [0.5, 0.6) is 0 Å². The van der Waals surface area contributed by atoms with E-state index in [1.807, 2.05) is 14.0 Å². The van der Waals surface area contributed by atoms with Gasteiger partial charge in [-0.05, 0) is 97.2 Å². The molecule has 5 aliphatic rings. The van der Waals surface area contributed by atoms with E-state index in [-0.39, 0.29) is 45.7 Å². The molecule has 0 saturated heterocycles. The number of aliphatic hydroxyl groups excluding tert-OH is 1. The maximum atomic E-state index is 11.5. The average Bonchev–Trinajstić information content (AvgIpc) is 2.81. The molecule has 5 aliphatic carbocycles. The van der Waals surface area contributed by atoms with Crippen LogP contribution in [0.2, 0.25) is 0 Å². The molecule has 5 rings (SSSR count). The minimum atomic E-state index is -4.57. The molecular formula is C31H52O6S. The van der Waals surface area contributed by atoms with Gasteiger partial charge in [-0.3, -0.25) is 4.55 Å². The van der Waals surface area contributed by atoms with Crippen LogP contribution in [0.3, 0.4) is 0 Å². The van der Waals surface area contributed by atoms with E-state index in [0.29, 0.717) is 18.3 Å². The van der Waals surface area contributed by atoms with Gasteiger partial charge in [0.1, 0.15) is 0 Å². The normalized spacial score (nSPS) is 52.2. The van der Waals surface area contributed by atoms with Crippen molar-refractivity contribution in [3.8, 4) is 0 Å². The van der Waals surface area contributed by atoms with Crippen LogP contribution in [0.4, 0.5) is 0 Å². The molecule has 0 spiro atoms. The first-order valence-corrected chi connectivity index (χ1v) is 16.3. The van der Waals surface area contributed by atoms with Gasteiger partial charge in [0.25, 0.3) is 0 Å². The van der Waals surface area contributed by atoms with E-state index < -0.39 is 21.9 Å². The SMILES string of the molecule is CO[C@@H]1CC(C)(C)C[C@H]2C3=CCC4[C@@]5(C)CC[C@H](O)[C@](C)(COS(=O)(=O)O)C5CC[C@@]4(C)[C@]3(C)CC[C@@]12C. The van der Waals surface area contributed by atoms with Crippen LogP contribution in [-0.2, 0) is 19.3 Å². The summed E-state index contributed by atoms with van der Waals surface area (Å²) in [5.74, 6) is 1.09. The highest BCUT2D eigenvalue weighted by Crippen LogP contribution is 2.75. The van der Waals surface area contributed by atoms with Gasteiger partial charge in [0.2, 0.25) is 0 Å². The van der Waals surface area contributed by atoms with Gasteiger partial charge in [-0.15, -0.1) is 0 Å². The lowest BCUT2D eigenvalue weighted by atomic mass is 9.33. The Hall–Kier alpha value is -0.470. The summed E-state index contributed by atoms with van der Waals surface area (Å²) in [7, 11) is -2.67. The lowest BCUT2D eigenvalue weighted by Crippen LogP contribution is -2.66. The zero-order valence-corrected chi connectivity index (χ0v) is 25.8. The van der Waals surface area contributed by atoms with Crippen molar-refractivity contribution in [1.29, 1.82) is 0 Å². The first-order valence-electron chi connectivity index (χ1n) is 14.9. The number of methoxy groups -OCH3 is 1. The topological polar surface area (TPSA) is 93.1 Å². The number of fused-ring (bicyclic) bond motifs is 7. The maximum absolute atomic E-state index is 11.5. The van der Waals surface area contributed by atoms with Crippen molar-refractivity contribution in [2.75, 3.05) is 13.7 Å². The molecule has 0 radical (unpaired) electrons. The molecule has 10 atom stereocenters. The summed E-state index contributed by atoms with van der Waals surface area (Å²) < 4.78 is 43.5. The third-order valence-electron chi connectivity index (χ3n) is 13.7. The quantitative estimate of drug-likeness (QED) is 0.302. The molecule has 0 aromatic rings. The maximum Gasteiger partial charge on any atom is 0.397 e. The zero-order chi connectivity index (χ0) is 28.2. The molecule has 38 heavy (non-hydrogen) atoms. The van der Waals surface area contributed by atoms with Crippen molar-refractivity contribution in [3.05, 3.63) is 11.6 Å². The smallest absolute Gasteiger partial charge is 0.392 e. The Bertz CT molecular complexity index is 1100. The molecule has 6 nitrogen and oxygen atoms in total. The number of rotatable bonds is 4. The van der Waals surface area contributed by atoms with E-state index in [1.165, 1.54) is 19.3 Å². The Morgan fingerprint density at radius 3 is 2.24 bits per heavy atom. The molecule has 4 fully saturated rings. The van der Waals surface area contributed by atoms with Gasteiger partial charge in [-0.25, -0.2) is 4.18 Å². The van der Waals surface area contributed by atoms with E-state index in [9.17, 15) is 18.1 Å². The number of hydrogen-bond acceptors (Lipinski definition) is 5. The summed E-state index contributed by atoms with van der Waals surface area (Å²) in [4.78, 5) is 0. The van der Waals surface area contributed by atoms with Crippen molar-refractivity contribution >= 4 is 10.4 Å². The Balaban J connectivity index is 1.54. The van der Waals surface area contributed by atoms with Gasteiger partial charge in [0.05, 0.1) is 18.8 Å². The van der Waals surface area contributed by atoms with E-state index >= 15 is 0 Å². The zero-order valence-electron chi connectivity index (χ0n) is 25.0. The molecule has 0 amide bonds. The van der Waals surface area contributed by atoms with Crippen molar-refractivity contribution in [1.82, 2.24) is 0 Å². The standard InChI is InChI=1S/C31H52O6S/c1-26(2)17-21-20-9-10-23-28(4)13-12-24(32)29(5,19-37-38(33,34)35)22(28)11-14-31(23,7)30(20,6)16-15-27(21,3)25(18-26)36-8/h9,21-25,32H,10-19H2,1-8H3,(H,33,34,35)/t21-,22?,23?,24-,25+,27+,28-,29+,30+,31+/m0/s1. The molecule has 218 valence electrons. The number of aliphatic hydroxyl groups is 1. The van der Waals surface area contributed by atoms with Gasteiger partial charge in [0, 0.05) is 17.9 Å². The molecule has 2 N–H and O–H groups in total. The molecule has 4 saturated carbocycles. The number of ether oxygens (including phenoxy) is 1. The summed E-state index contributed by atoms with van der Waals surface area (Å²) in [6, 6.07) is 0. The van der Waals surface area contributed by atoms with Crippen LogP contribution >= 0.6 is 0 Å². The summed E-state index contributed by atoms with van der Waals surface area (Å²) in [5, 5.41) is 11.2. The van der Waals surface area contributed by atoms with Crippen LogP contribution in [0.25, 0.3) is 0 Å². The molecule has 0 aliphatic heterocycles. The van der Waals surface area contributed by atoms with Crippen LogP contribution in [0, 0.1) is 50.2 Å². The van der Waals surface area contributed by atoms with Gasteiger partial charge in [-0.2, -0.15) is 8.42 Å². The summed E-state index contributed by atoms with van der Waals surface area (Å²) in [6.07, 6.45) is 11.5. The second kappa shape index (κ2) is 8.77. The van der Waals surface area contributed by atoms with Crippen LogP contribution < -0.4 is 0 Å². The van der Waals surface area contributed by atoms with Crippen molar-refractivity contribution < 1.29 is 27.0 Å². The molecule has 0 heterocycles. The van der Waals surface area contributed by atoms with E-state index in [1.54, 1.807) is 5.57 Å².